The van der Waals surface area contributed by atoms with E-state index in [-0.39, 0.29) is 23.8 Å². The second kappa shape index (κ2) is 4.63. The number of benzene rings is 1. The number of rotatable bonds is 2. The number of nitrogens with one attached hydrogen (secondary N) is 1. The first-order chi connectivity index (χ1) is 9.12. The molecule has 0 aromatic heterocycles. The quantitative estimate of drug-likeness (QED) is 0.895. The molecule has 0 atom stereocenters. The summed E-state index contributed by atoms with van der Waals surface area (Å²) in [6.07, 6.45) is 1.76. The summed E-state index contributed by atoms with van der Waals surface area (Å²) >= 11 is 3.41. The van der Waals surface area contributed by atoms with Crippen molar-refractivity contribution in [3.8, 4) is 0 Å². The van der Waals surface area contributed by atoms with Gasteiger partial charge in [0.1, 0.15) is 0 Å². The molecule has 1 saturated heterocycles. The molecule has 1 N–H and O–H groups in total. The van der Waals surface area contributed by atoms with Crippen LogP contribution in [-0.2, 0) is 15.0 Å². The van der Waals surface area contributed by atoms with Crippen LogP contribution in [0, 0.1) is 0 Å². The van der Waals surface area contributed by atoms with Gasteiger partial charge in [-0.2, -0.15) is 0 Å². The number of hydrogen-bond donors (Lipinski definition) is 1. The van der Waals surface area contributed by atoms with Gasteiger partial charge in [-0.3, -0.25) is 9.59 Å². The van der Waals surface area contributed by atoms with Crippen LogP contribution in [0.4, 0.5) is 0 Å². The summed E-state index contributed by atoms with van der Waals surface area (Å²) in [6.45, 7) is 1.36. The molecule has 0 radical (unpaired) electrons. The van der Waals surface area contributed by atoms with Gasteiger partial charge in [-0.1, -0.05) is 28.1 Å². The van der Waals surface area contributed by atoms with E-state index in [2.05, 4.69) is 21.2 Å². The van der Waals surface area contributed by atoms with E-state index < -0.39 is 0 Å². The highest BCUT2D eigenvalue weighted by Gasteiger charge is 2.53. The molecule has 0 spiro atoms. The summed E-state index contributed by atoms with van der Waals surface area (Å²) in [5.41, 5.74) is 0.685. The van der Waals surface area contributed by atoms with E-state index in [0.717, 1.165) is 22.9 Å². The Morgan fingerprint density at radius 1 is 1.26 bits per heavy atom. The number of amides is 2. The molecule has 1 saturated carbocycles. The van der Waals surface area contributed by atoms with Gasteiger partial charge < -0.3 is 10.2 Å². The summed E-state index contributed by atoms with van der Waals surface area (Å²) in [4.78, 5) is 25.7. The number of piperazine rings is 1. The van der Waals surface area contributed by atoms with Crippen LogP contribution in [0.2, 0.25) is 0 Å². The molecular formula is C14H15BrN2O2. The Kier molecular flexibility index (Phi) is 3.09. The largest absolute Gasteiger partial charge is 0.353 e. The molecule has 2 aliphatic rings. The highest BCUT2D eigenvalue weighted by atomic mass is 79.9. The number of nitrogens with zero attached hydrogens (tertiary/aromatic N) is 1. The Morgan fingerprint density at radius 2 is 1.95 bits per heavy atom. The molecule has 1 heterocycles. The summed E-state index contributed by atoms with van der Waals surface area (Å²) < 4.78 is 1.01. The van der Waals surface area contributed by atoms with Crippen LogP contribution in [0.5, 0.6) is 0 Å². The third-order valence-electron chi connectivity index (χ3n) is 3.88. The Hall–Kier alpha value is -1.36. The van der Waals surface area contributed by atoms with Crippen molar-refractivity contribution in [1.82, 2.24) is 10.2 Å². The topological polar surface area (TPSA) is 49.4 Å². The molecule has 1 aliphatic heterocycles. The van der Waals surface area contributed by atoms with Gasteiger partial charge in [0.2, 0.25) is 11.8 Å². The fraction of sp³-hybridized carbons (Fsp3) is 0.429. The Morgan fingerprint density at radius 3 is 2.53 bits per heavy atom. The van der Waals surface area contributed by atoms with Crippen LogP contribution in [0.15, 0.2) is 28.7 Å². The number of carbonyl (C=O) groups excluding carboxylic acids is 2. The molecule has 1 aromatic carbocycles. The first kappa shape index (κ1) is 12.7. The van der Waals surface area contributed by atoms with Crippen molar-refractivity contribution in [3.63, 3.8) is 0 Å². The second-order valence-electron chi connectivity index (χ2n) is 5.17. The van der Waals surface area contributed by atoms with Gasteiger partial charge in [0.25, 0.3) is 0 Å². The van der Waals surface area contributed by atoms with Crippen molar-refractivity contribution >= 4 is 27.7 Å². The van der Waals surface area contributed by atoms with Crippen LogP contribution in [0.3, 0.4) is 0 Å². The molecule has 5 heteroatoms. The van der Waals surface area contributed by atoms with Crippen molar-refractivity contribution in [3.05, 3.63) is 34.3 Å². The van der Waals surface area contributed by atoms with Crippen LogP contribution in [-0.4, -0.2) is 36.3 Å². The maximum absolute atomic E-state index is 12.6. The van der Waals surface area contributed by atoms with Gasteiger partial charge >= 0.3 is 0 Å². The van der Waals surface area contributed by atoms with Crippen molar-refractivity contribution in [2.24, 2.45) is 0 Å². The van der Waals surface area contributed by atoms with Gasteiger partial charge in [0.05, 0.1) is 12.0 Å². The Balaban J connectivity index is 1.82. The molecule has 3 rings (SSSR count). The summed E-state index contributed by atoms with van der Waals surface area (Å²) in [5.74, 6) is 0.0379. The van der Waals surface area contributed by atoms with E-state index in [1.165, 1.54) is 0 Å². The second-order valence-corrected chi connectivity index (χ2v) is 6.08. The zero-order valence-electron chi connectivity index (χ0n) is 10.5. The number of hydrogen-bond acceptors (Lipinski definition) is 2. The lowest BCUT2D eigenvalue weighted by molar-refractivity contribution is -0.140. The smallest absolute Gasteiger partial charge is 0.239 e. The minimum absolute atomic E-state index is 0.0637. The van der Waals surface area contributed by atoms with Gasteiger partial charge in [-0.15, -0.1) is 0 Å². The highest BCUT2D eigenvalue weighted by Crippen LogP contribution is 2.49. The maximum Gasteiger partial charge on any atom is 0.239 e. The third kappa shape index (κ3) is 2.27. The predicted octanol–water partition coefficient (Wildman–Crippen LogP) is 1.44. The molecule has 4 nitrogen and oxygen atoms in total. The van der Waals surface area contributed by atoms with Crippen molar-refractivity contribution < 1.29 is 9.59 Å². The van der Waals surface area contributed by atoms with E-state index in [1.54, 1.807) is 4.90 Å². The van der Waals surface area contributed by atoms with E-state index in [4.69, 9.17) is 0 Å². The molecule has 2 amide bonds. The molecule has 1 aliphatic carbocycles. The van der Waals surface area contributed by atoms with E-state index >= 15 is 0 Å². The molecule has 0 bridgehead atoms. The molecule has 0 unspecified atom stereocenters. The monoisotopic (exact) mass is 322 g/mol. The van der Waals surface area contributed by atoms with Gasteiger partial charge in [-0.05, 0) is 30.5 Å². The highest BCUT2D eigenvalue weighted by molar-refractivity contribution is 9.10. The first-order valence-corrected chi connectivity index (χ1v) is 7.23. The molecule has 1 aromatic rings. The first-order valence-electron chi connectivity index (χ1n) is 6.44. The van der Waals surface area contributed by atoms with Gasteiger partial charge in [0, 0.05) is 17.6 Å². The van der Waals surface area contributed by atoms with Gasteiger partial charge in [-0.25, -0.2) is 0 Å². The maximum atomic E-state index is 12.6. The van der Waals surface area contributed by atoms with Crippen LogP contribution >= 0.6 is 15.9 Å². The molecule has 19 heavy (non-hydrogen) atoms. The van der Waals surface area contributed by atoms with Crippen molar-refractivity contribution in [2.75, 3.05) is 19.6 Å². The van der Waals surface area contributed by atoms with Crippen LogP contribution in [0.25, 0.3) is 0 Å². The lowest BCUT2D eigenvalue weighted by Crippen LogP contribution is -2.52. The summed E-state index contributed by atoms with van der Waals surface area (Å²) in [5, 5.41) is 2.75. The standard InChI is InChI=1S/C14H15BrN2O2/c15-11-3-1-10(2-4-11)14(5-6-14)13(19)17-8-7-16-12(18)9-17/h1-4H,5-9H2,(H,16,18). The average molecular weight is 323 g/mol. The van der Waals surface area contributed by atoms with Gasteiger partial charge in [0.15, 0.2) is 0 Å². The fourth-order valence-electron chi connectivity index (χ4n) is 2.63. The summed E-state index contributed by atoms with van der Waals surface area (Å²) in [6, 6.07) is 7.93. The fourth-order valence-corrected chi connectivity index (χ4v) is 2.90. The van der Waals surface area contributed by atoms with Crippen molar-refractivity contribution in [1.29, 1.82) is 0 Å². The molecule has 2 fully saturated rings. The lowest BCUT2D eigenvalue weighted by atomic mass is 9.94. The molecular weight excluding hydrogens is 308 g/mol. The van der Waals surface area contributed by atoms with Crippen LogP contribution in [0.1, 0.15) is 18.4 Å². The Labute approximate surface area is 120 Å². The zero-order chi connectivity index (χ0) is 13.5. The molecule has 100 valence electrons. The minimum Gasteiger partial charge on any atom is -0.353 e. The predicted molar refractivity (Wildman–Crippen MR) is 74.6 cm³/mol. The number of halogens is 1. The lowest BCUT2D eigenvalue weighted by Gasteiger charge is -2.30. The van der Waals surface area contributed by atoms with E-state index in [1.807, 2.05) is 24.3 Å². The SMILES string of the molecule is O=C1CN(C(=O)C2(c3ccc(Br)cc3)CC2)CCN1. The normalized spacial score (nSPS) is 20.9. The Bertz CT molecular complexity index is 523. The minimum atomic E-state index is -0.377. The van der Waals surface area contributed by atoms with E-state index in [9.17, 15) is 9.59 Å². The van der Waals surface area contributed by atoms with Crippen LogP contribution < -0.4 is 5.32 Å². The number of carbonyl (C=O) groups is 2. The van der Waals surface area contributed by atoms with Crippen molar-refractivity contribution in [2.45, 2.75) is 18.3 Å². The zero-order valence-corrected chi connectivity index (χ0v) is 12.1. The van der Waals surface area contributed by atoms with E-state index in [0.29, 0.717) is 13.1 Å². The average Bonchev–Trinajstić information content (AvgIpc) is 3.20. The summed E-state index contributed by atoms with van der Waals surface area (Å²) in [7, 11) is 0. The third-order valence-corrected chi connectivity index (χ3v) is 4.41.